The zero-order valence-corrected chi connectivity index (χ0v) is 12.7. The number of hydrogen-bond donors (Lipinski definition) is 1. The van der Waals surface area contributed by atoms with Crippen LogP contribution in [0.2, 0.25) is 0 Å². The molecule has 3 atom stereocenters. The lowest BCUT2D eigenvalue weighted by Gasteiger charge is -2.34. The van der Waals surface area contributed by atoms with Crippen LogP contribution < -0.4 is 19.5 Å². The molecule has 0 saturated carbocycles. The fraction of sp³-hybridized carbons (Fsp3) is 0.600. The number of nitrogens with one attached hydrogen (secondary N) is 1. The highest BCUT2D eigenvalue weighted by Gasteiger charge is 2.28. The summed E-state index contributed by atoms with van der Waals surface area (Å²) in [5, 5.41) is 3.45. The first-order chi connectivity index (χ1) is 9.60. The summed E-state index contributed by atoms with van der Waals surface area (Å²) in [5.74, 6) is 2.08. The summed E-state index contributed by atoms with van der Waals surface area (Å²) in [6, 6.07) is 4.10. The predicted molar refractivity (Wildman–Crippen MR) is 76.9 cm³/mol. The molecule has 0 spiro atoms. The molecule has 0 amide bonds. The monoisotopic (exact) mass is 281 g/mol. The van der Waals surface area contributed by atoms with Crippen molar-refractivity contribution in [2.45, 2.75) is 32.1 Å². The van der Waals surface area contributed by atoms with Gasteiger partial charge in [-0.15, -0.1) is 0 Å². The van der Waals surface area contributed by atoms with Crippen LogP contribution in [0.15, 0.2) is 12.1 Å². The van der Waals surface area contributed by atoms with Gasteiger partial charge in [-0.25, -0.2) is 0 Å². The van der Waals surface area contributed by atoms with Crippen molar-refractivity contribution in [3.05, 3.63) is 17.7 Å². The van der Waals surface area contributed by atoms with E-state index in [1.54, 1.807) is 21.3 Å². The summed E-state index contributed by atoms with van der Waals surface area (Å²) in [6.45, 7) is 4.93. The molecule has 5 heteroatoms. The molecule has 0 aromatic heterocycles. The molecule has 3 unspecified atom stereocenters. The molecule has 1 aliphatic rings. The molecule has 0 bridgehead atoms. The molecule has 1 saturated heterocycles. The van der Waals surface area contributed by atoms with Crippen LogP contribution in [0.4, 0.5) is 0 Å². The van der Waals surface area contributed by atoms with E-state index in [2.05, 4.69) is 19.2 Å². The van der Waals surface area contributed by atoms with E-state index < -0.39 is 0 Å². The average molecular weight is 281 g/mol. The second-order valence-corrected chi connectivity index (χ2v) is 4.98. The van der Waals surface area contributed by atoms with Crippen molar-refractivity contribution in [2.24, 2.45) is 0 Å². The molecule has 0 aliphatic carbocycles. The molecule has 1 N–H and O–H groups in total. The molecule has 1 aromatic rings. The Bertz CT molecular complexity index is 463. The normalized spacial score (nSPS) is 26.1. The second-order valence-electron chi connectivity index (χ2n) is 4.98. The maximum Gasteiger partial charge on any atom is 0.164 e. The highest BCUT2D eigenvalue weighted by atomic mass is 16.5. The van der Waals surface area contributed by atoms with Gasteiger partial charge in [0.2, 0.25) is 0 Å². The lowest BCUT2D eigenvalue weighted by atomic mass is 10.0. The molecular formula is C15H23NO4. The Kier molecular flexibility index (Phi) is 4.73. The van der Waals surface area contributed by atoms with Crippen LogP contribution in [0.5, 0.6) is 17.2 Å². The van der Waals surface area contributed by atoms with Gasteiger partial charge in [0.1, 0.15) is 5.75 Å². The first-order valence-electron chi connectivity index (χ1n) is 6.79. The zero-order chi connectivity index (χ0) is 14.7. The number of hydrogen-bond acceptors (Lipinski definition) is 5. The third kappa shape index (κ3) is 2.83. The maximum atomic E-state index is 6.06. The van der Waals surface area contributed by atoms with E-state index >= 15 is 0 Å². The molecular weight excluding hydrogens is 258 g/mol. The summed E-state index contributed by atoms with van der Waals surface area (Å²) in [4.78, 5) is 0. The quantitative estimate of drug-likeness (QED) is 0.916. The lowest BCUT2D eigenvalue weighted by molar-refractivity contribution is -0.0517. The van der Waals surface area contributed by atoms with Gasteiger partial charge >= 0.3 is 0 Å². The number of morpholine rings is 1. The Labute approximate surface area is 120 Å². The van der Waals surface area contributed by atoms with E-state index in [1.165, 1.54) is 0 Å². The molecule has 20 heavy (non-hydrogen) atoms. The van der Waals surface area contributed by atoms with Crippen molar-refractivity contribution in [3.63, 3.8) is 0 Å². The van der Waals surface area contributed by atoms with Crippen LogP contribution >= 0.6 is 0 Å². The van der Waals surface area contributed by atoms with Crippen molar-refractivity contribution < 1.29 is 18.9 Å². The van der Waals surface area contributed by atoms with Crippen molar-refractivity contribution in [3.8, 4) is 17.2 Å². The van der Waals surface area contributed by atoms with E-state index in [0.717, 1.165) is 17.9 Å². The third-order valence-electron chi connectivity index (χ3n) is 3.79. The molecule has 1 heterocycles. The summed E-state index contributed by atoms with van der Waals surface area (Å²) >= 11 is 0. The van der Waals surface area contributed by atoms with Gasteiger partial charge in [-0.3, -0.25) is 0 Å². The topological polar surface area (TPSA) is 49.0 Å². The van der Waals surface area contributed by atoms with Crippen molar-refractivity contribution in [1.29, 1.82) is 0 Å². The first kappa shape index (κ1) is 14.9. The van der Waals surface area contributed by atoms with E-state index in [1.807, 2.05) is 12.1 Å². The Morgan fingerprint density at radius 1 is 1.00 bits per heavy atom. The molecule has 0 radical (unpaired) electrons. The van der Waals surface area contributed by atoms with Crippen LogP contribution in [0.1, 0.15) is 25.5 Å². The summed E-state index contributed by atoms with van der Waals surface area (Å²) in [6.07, 6.45) is 0.0857. The van der Waals surface area contributed by atoms with Crippen LogP contribution in [0, 0.1) is 0 Å². The fourth-order valence-corrected chi connectivity index (χ4v) is 2.37. The predicted octanol–water partition coefficient (Wildman–Crippen LogP) is 2.15. The molecule has 1 fully saturated rings. The molecule has 1 aliphatic heterocycles. The maximum absolute atomic E-state index is 6.06. The van der Waals surface area contributed by atoms with Crippen LogP contribution in [-0.2, 0) is 4.74 Å². The summed E-state index contributed by atoms with van der Waals surface area (Å²) in [7, 11) is 4.88. The van der Waals surface area contributed by atoms with Gasteiger partial charge in [0, 0.05) is 24.2 Å². The van der Waals surface area contributed by atoms with Crippen molar-refractivity contribution >= 4 is 0 Å². The van der Waals surface area contributed by atoms with E-state index in [9.17, 15) is 0 Å². The molecule has 1 aromatic carbocycles. The van der Waals surface area contributed by atoms with E-state index in [0.29, 0.717) is 17.5 Å². The minimum Gasteiger partial charge on any atom is -0.496 e. The highest BCUT2D eigenvalue weighted by molar-refractivity contribution is 5.51. The summed E-state index contributed by atoms with van der Waals surface area (Å²) in [5.41, 5.74) is 0.969. The Hall–Kier alpha value is -1.46. The van der Waals surface area contributed by atoms with E-state index in [-0.39, 0.29) is 12.2 Å². The minimum absolute atomic E-state index is 0.0593. The number of rotatable bonds is 4. The minimum atomic E-state index is -0.0593. The van der Waals surface area contributed by atoms with Gasteiger partial charge in [0.15, 0.2) is 11.5 Å². The lowest BCUT2D eigenvalue weighted by Crippen LogP contribution is -2.46. The van der Waals surface area contributed by atoms with Gasteiger partial charge in [0.25, 0.3) is 0 Å². The molecule has 2 rings (SSSR count). The SMILES string of the molecule is COc1cc(OC)c(C2CNC(C)C(C)O2)cc1OC. The first-order valence-corrected chi connectivity index (χ1v) is 6.79. The van der Waals surface area contributed by atoms with Gasteiger partial charge < -0.3 is 24.3 Å². The van der Waals surface area contributed by atoms with Gasteiger partial charge in [0.05, 0.1) is 33.5 Å². The van der Waals surface area contributed by atoms with Crippen molar-refractivity contribution in [1.82, 2.24) is 5.32 Å². The third-order valence-corrected chi connectivity index (χ3v) is 3.79. The van der Waals surface area contributed by atoms with Crippen molar-refractivity contribution in [2.75, 3.05) is 27.9 Å². The van der Waals surface area contributed by atoms with E-state index in [4.69, 9.17) is 18.9 Å². The Balaban J connectivity index is 2.34. The standard InChI is InChI=1S/C15H23NO4/c1-9-10(2)20-15(8-16-9)11-6-13(18-4)14(19-5)7-12(11)17-3/h6-7,9-10,15-16H,8H2,1-5H3. The van der Waals surface area contributed by atoms with Crippen LogP contribution in [0.3, 0.4) is 0 Å². The number of methoxy groups -OCH3 is 3. The van der Waals surface area contributed by atoms with Crippen LogP contribution in [-0.4, -0.2) is 40.0 Å². The molecule has 5 nitrogen and oxygen atoms in total. The van der Waals surface area contributed by atoms with Gasteiger partial charge in [-0.1, -0.05) is 0 Å². The number of benzene rings is 1. The Morgan fingerprint density at radius 2 is 1.60 bits per heavy atom. The second kappa shape index (κ2) is 6.33. The largest absolute Gasteiger partial charge is 0.496 e. The number of ether oxygens (including phenoxy) is 4. The summed E-state index contributed by atoms with van der Waals surface area (Å²) < 4.78 is 22.2. The zero-order valence-electron chi connectivity index (χ0n) is 12.7. The fourth-order valence-electron chi connectivity index (χ4n) is 2.37. The van der Waals surface area contributed by atoms with Gasteiger partial charge in [-0.2, -0.15) is 0 Å². The van der Waals surface area contributed by atoms with Crippen LogP contribution in [0.25, 0.3) is 0 Å². The highest BCUT2D eigenvalue weighted by Crippen LogP contribution is 2.39. The average Bonchev–Trinajstić information content (AvgIpc) is 2.48. The molecule has 112 valence electrons. The smallest absolute Gasteiger partial charge is 0.164 e. The van der Waals surface area contributed by atoms with Gasteiger partial charge in [-0.05, 0) is 19.9 Å². The Morgan fingerprint density at radius 3 is 2.15 bits per heavy atom.